The Hall–Kier alpha value is -1.06. The molecule has 0 aromatic carbocycles. The fourth-order valence-corrected chi connectivity index (χ4v) is 2.96. The van der Waals surface area contributed by atoms with E-state index in [0.29, 0.717) is 25.9 Å². The van der Waals surface area contributed by atoms with E-state index in [0.717, 1.165) is 32.1 Å². The van der Waals surface area contributed by atoms with Crippen LogP contribution >= 0.6 is 0 Å². The Bertz CT molecular complexity index is 341. The second kappa shape index (κ2) is 18.7. The van der Waals surface area contributed by atoms with Crippen LogP contribution in [-0.2, 0) is 19.1 Å². The average molecular weight is 371 g/mol. The molecule has 4 nitrogen and oxygen atoms in total. The van der Waals surface area contributed by atoms with Gasteiger partial charge in [-0.15, -0.1) is 0 Å². The van der Waals surface area contributed by atoms with Crippen molar-refractivity contribution in [1.29, 1.82) is 0 Å². The molecule has 0 aliphatic heterocycles. The van der Waals surface area contributed by atoms with Crippen LogP contribution in [0.1, 0.15) is 117 Å². The Morgan fingerprint density at radius 3 is 1.85 bits per heavy atom. The molecule has 4 heteroatoms. The minimum Gasteiger partial charge on any atom is -0.466 e. The zero-order chi connectivity index (χ0) is 19.5. The molecule has 0 radical (unpaired) electrons. The molecule has 0 N–H and O–H groups in total. The van der Waals surface area contributed by atoms with Crippen molar-refractivity contribution in [3.8, 4) is 0 Å². The van der Waals surface area contributed by atoms with Crippen molar-refractivity contribution in [3.05, 3.63) is 0 Å². The van der Waals surface area contributed by atoms with Crippen LogP contribution in [0.5, 0.6) is 0 Å². The van der Waals surface area contributed by atoms with E-state index in [-0.39, 0.29) is 18.0 Å². The molecule has 0 spiro atoms. The molecule has 0 rings (SSSR count). The summed E-state index contributed by atoms with van der Waals surface area (Å²) in [6.45, 7) is 6.85. The minimum absolute atomic E-state index is 0.0195. The molecule has 1 unspecified atom stereocenters. The lowest BCUT2D eigenvalue weighted by Crippen LogP contribution is -2.17. The largest absolute Gasteiger partial charge is 0.466 e. The first-order valence-corrected chi connectivity index (χ1v) is 11.0. The predicted octanol–water partition coefficient (Wildman–Crippen LogP) is 6.35. The van der Waals surface area contributed by atoms with Crippen molar-refractivity contribution in [2.24, 2.45) is 0 Å². The van der Waals surface area contributed by atoms with Crippen LogP contribution in [0.4, 0.5) is 0 Å². The van der Waals surface area contributed by atoms with Crippen molar-refractivity contribution in [2.45, 2.75) is 123 Å². The van der Waals surface area contributed by atoms with Crippen molar-refractivity contribution >= 4 is 11.9 Å². The van der Waals surface area contributed by atoms with Gasteiger partial charge in [-0.3, -0.25) is 9.59 Å². The van der Waals surface area contributed by atoms with Crippen LogP contribution in [0, 0.1) is 0 Å². The van der Waals surface area contributed by atoms with E-state index in [4.69, 9.17) is 9.47 Å². The van der Waals surface area contributed by atoms with E-state index >= 15 is 0 Å². The van der Waals surface area contributed by atoms with Crippen LogP contribution in [0.15, 0.2) is 0 Å². The van der Waals surface area contributed by atoms with E-state index in [9.17, 15) is 9.59 Å². The zero-order valence-electron chi connectivity index (χ0n) is 17.5. The molecular weight excluding hydrogens is 328 g/mol. The van der Waals surface area contributed by atoms with E-state index in [1.165, 1.54) is 44.9 Å². The van der Waals surface area contributed by atoms with Crippen molar-refractivity contribution < 1.29 is 19.1 Å². The highest BCUT2D eigenvalue weighted by molar-refractivity contribution is 5.72. The number of ether oxygens (including phenoxy) is 2. The summed E-state index contributed by atoms with van der Waals surface area (Å²) in [6.07, 6.45) is 15.2. The number of rotatable bonds is 18. The van der Waals surface area contributed by atoms with Gasteiger partial charge in [0.05, 0.1) is 6.61 Å². The first-order chi connectivity index (χ1) is 12.6. The van der Waals surface area contributed by atoms with E-state index in [1.807, 2.05) is 6.92 Å². The molecule has 0 saturated carbocycles. The highest BCUT2D eigenvalue weighted by Gasteiger charge is 2.12. The summed E-state index contributed by atoms with van der Waals surface area (Å²) in [6, 6.07) is 0. The van der Waals surface area contributed by atoms with E-state index in [1.54, 1.807) is 0 Å². The fraction of sp³-hybridized carbons (Fsp3) is 0.909. The minimum atomic E-state index is -0.197. The van der Waals surface area contributed by atoms with E-state index < -0.39 is 0 Å². The lowest BCUT2D eigenvalue weighted by Gasteiger charge is -2.15. The number of hydrogen-bond acceptors (Lipinski definition) is 4. The van der Waals surface area contributed by atoms with Gasteiger partial charge in [0.15, 0.2) is 0 Å². The number of unbranched alkanes of at least 4 members (excludes halogenated alkanes) is 8. The van der Waals surface area contributed by atoms with Crippen LogP contribution in [-0.4, -0.2) is 24.6 Å². The standard InChI is InChI=1S/C22H42O4/c1-4-7-8-9-10-11-12-13-14-19-25-21(23)17-15-18-22(24)26-20(6-3)16-5-2/h20H,4-19H2,1-3H3. The predicted molar refractivity (Wildman–Crippen MR) is 107 cm³/mol. The quantitative estimate of drug-likeness (QED) is 0.208. The average Bonchev–Trinajstić information content (AvgIpc) is 2.62. The Morgan fingerprint density at radius 1 is 0.692 bits per heavy atom. The molecule has 0 aromatic rings. The monoisotopic (exact) mass is 370 g/mol. The van der Waals surface area contributed by atoms with Crippen LogP contribution in [0.2, 0.25) is 0 Å². The zero-order valence-corrected chi connectivity index (χ0v) is 17.5. The third-order valence-electron chi connectivity index (χ3n) is 4.64. The summed E-state index contributed by atoms with van der Waals surface area (Å²) < 4.78 is 10.6. The molecule has 0 aromatic heterocycles. The fourth-order valence-electron chi connectivity index (χ4n) is 2.96. The molecule has 0 aliphatic rings. The van der Waals surface area contributed by atoms with Crippen LogP contribution in [0.25, 0.3) is 0 Å². The van der Waals surface area contributed by atoms with Crippen LogP contribution < -0.4 is 0 Å². The number of carbonyl (C=O) groups excluding carboxylic acids is 2. The summed E-state index contributed by atoms with van der Waals surface area (Å²) in [5.74, 6) is -0.394. The third-order valence-corrected chi connectivity index (χ3v) is 4.64. The topological polar surface area (TPSA) is 52.6 Å². The SMILES string of the molecule is CCCCCCCCCCCOC(=O)CCCC(=O)OC(CC)CCC. The first kappa shape index (κ1) is 24.9. The normalized spacial score (nSPS) is 12.0. The van der Waals surface area contributed by atoms with Gasteiger partial charge in [0.1, 0.15) is 6.10 Å². The van der Waals surface area contributed by atoms with E-state index in [2.05, 4.69) is 13.8 Å². The molecule has 0 bridgehead atoms. The lowest BCUT2D eigenvalue weighted by molar-refractivity contribution is -0.150. The summed E-state index contributed by atoms with van der Waals surface area (Å²) in [4.78, 5) is 23.4. The summed E-state index contributed by atoms with van der Waals surface area (Å²) in [5.41, 5.74) is 0. The maximum Gasteiger partial charge on any atom is 0.306 e. The second-order valence-corrected chi connectivity index (χ2v) is 7.21. The van der Waals surface area contributed by atoms with Gasteiger partial charge in [0.25, 0.3) is 0 Å². The first-order valence-electron chi connectivity index (χ1n) is 11.0. The van der Waals surface area contributed by atoms with Gasteiger partial charge in [-0.25, -0.2) is 0 Å². The highest BCUT2D eigenvalue weighted by atomic mass is 16.5. The molecule has 0 saturated heterocycles. The lowest BCUT2D eigenvalue weighted by atomic mass is 10.1. The van der Waals surface area contributed by atoms with Gasteiger partial charge in [-0.05, 0) is 25.7 Å². The maximum atomic E-state index is 11.7. The molecule has 0 amide bonds. The maximum absolute atomic E-state index is 11.7. The van der Waals surface area contributed by atoms with Gasteiger partial charge in [0, 0.05) is 12.8 Å². The molecular formula is C22H42O4. The van der Waals surface area contributed by atoms with Gasteiger partial charge >= 0.3 is 11.9 Å². The van der Waals surface area contributed by atoms with Crippen molar-refractivity contribution in [2.75, 3.05) is 6.61 Å². The molecule has 0 aliphatic carbocycles. The smallest absolute Gasteiger partial charge is 0.306 e. The van der Waals surface area contributed by atoms with Crippen molar-refractivity contribution in [3.63, 3.8) is 0 Å². The number of carbonyl (C=O) groups is 2. The van der Waals surface area contributed by atoms with Crippen LogP contribution in [0.3, 0.4) is 0 Å². The summed E-state index contributed by atoms with van der Waals surface area (Å²) >= 11 is 0. The Balaban J connectivity index is 3.45. The second-order valence-electron chi connectivity index (χ2n) is 7.21. The summed E-state index contributed by atoms with van der Waals surface area (Å²) in [7, 11) is 0. The van der Waals surface area contributed by atoms with Gasteiger partial charge in [0.2, 0.25) is 0 Å². The Labute approximate surface area is 161 Å². The Kier molecular flexibility index (Phi) is 18.0. The molecule has 154 valence electrons. The van der Waals surface area contributed by atoms with Gasteiger partial charge in [-0.2, -0.15) is 0 Å². The van der Waals surface area contributed by atoms with Crippen molar-refractivity contribution in [1.82, 2.24) is 0 Å². The summed E-state index contributed by atoms with van der Waals surface area (Å²) in [5, 5.41) is 0. The molecule has 26 heavy (non-hydrogen) atoms. The Morgan fingerprint density at radius 2 is 1.27 bits per heavy atom. The number of esters is 2. The third kappa shape index (κ3) is 16.4. The van der Waals surface area contributed by atoms with Gasteiger partial charge < -0.3 is 9.47 Å². The molecule has 0 heterocycles. The molecule has 0 fully saturated rings. The highest BCUT2D eigenvalue weighted by Crippen LogP contribution is 2.11. The van der Waals surface area contributed by atoms with Gasteiger partial charge in [-0.1, -0.05) is 78.6 Å². The number of hydrogen-bond donors (Lipinski definition) is 0. The molecule has 1 atom stereocenters.